The lowest BCUT2D eigenvalue weighted by Gasteiger charge is -2.29. The van der Waals surface area contributed by atoms with Gasteiger partial charge in [0.15, 0.2) is 0 Å². The molecule has 21 heavy (non-hydrogen) atoms. The zero-order valence-electron chi connectivity index (χ0n) is 14.4. The van der Waals surface area contributed by atoms with Crippen LogP contribution in [0.5, 0.6) is 0 Å². The van der Waals surface area contributed by atoms with Gasteiger partial charge in [0.2, 0.25) is 0 Å². The number of hydrogen-bond acceptors (Lipinski definition) is 1. The highest BCUT2D eigenvalue weighted by molar-refractivity contribution is 7.82. The standard InChI is InChI=1S/C16H36BO3P/c1-4-6-8-10-12-14-16(3,17-21(18,19)20)15-13-11-9-7-5-2/h17H,4-15H2,1-3H3,(H2,18,19,20). The Morgan fingerprint density at radius 3 is 1.52 bits per heavy atom. The second-order valence-electron chi connectivity index (χ2n) is 6.96. The van der Waals surface area contributed by atoms with Crippen LogP contribution in [0.2, 0.25) is 5.31 Å². The Balaban J connectivity index is 4.17. The van der Waals surface area contributed by atoms with E-state index in [1.165, 1.54) is 51.4 Å². The molecule has 0 fully saturated rings. The van der Waals surface area contributed by atoms with Crippen LogP contribution in [0.4, 0.5) is 0 Å². The van der Waals surface area contributed by atoms with Gasteiger partial charge in [0.1, 0.15) is 0 Å². The van der Waals surface area contributed by atoms with E-state index >= 15 is 0 Å². The molecule has 0 spiro atoms. The van der Waals surface area contributed by atoms with E-state index in [0.29, 0.717) is 0 Å². The smallest absolute Gasteiger partial charge is 0.275 e. The zero-order chi connectivity index (χ0) is 16.2. The lowest BCUT2D eigenvalue weighted by molar-refractivity contribution is 0.386. The van der Waals surface area contributed by atoms with Crippen molar-refractivity contribution >= 4 is 14.5 Å². The van der Waals surface area contributed by atoms with Crippen molar-refractivity contribution < 1.29 is 14.4 Å². The molecule has 0 aromatic carbocycles. The van der Waals surface area contributed by atoms with Gasteiger partial charge in [0.05, 0.1) is 0 Å². The maximum atomic E-state index is 11.4. The van der Waals surface area contributed by atoms with E-state index in [-0.39, 0.29) is 12.3 Å². The second-order valence-corrected chi connectivity index (χ2v) is 8.61. The van der Waals surface area contributed by atoms with Crippen molar-refractivity contribution in [1.82, 2.24) is 0 Å². The molecule has 0 aliphatic carbocycles. The Morgan fingerprint density at radius 2 is 1.19 bits per heavy atom. The molecule has 0 amide bonds. The van der Waals surface area contributed by atoms with Gasteiger partial charge < -0.3 is 9.79 Å². The third-order valence-corrected chi connectivity index (χ3v) is 5.53. The predicted octanol–water partition coefficient (Wildman–Crippen LogP) is 5.42. The van der Waals surface area contributed by atoms with Crippen molar-refractivity contribution in [2.75, 3.05) is 0 Å². The first-order chi connectivity index (χ1) is 9.83. The summed E-state index contributed by atoms with van der Waals surface area (Å²) in [6, 6.07) is 0. The lowest BCUT2D eigenvalue weighted by Crippen LogP contribution is -2.18. The number of hydrogen-bond donors (Lipinski definition) is 2. The normalized spacial score (nSPS) is 12.6. The van der Waals surface area contributed by atoms with E-state index in [9.17, 15) is 14.4 Å². The first-order valence-corrected chi connectivity index (χ1v) is 10.7. The van der Waals surface area contributed by atoms with E-state index in [1.54, 1.807) is 0 Å². The van der Waals surface area contributed by atoms with Crippen LogP contribution >= 0.6 is 7.47 Å². The van der Waals surface area contributed by atoms with Crippen LogP contribution in [0.1, 0.15) is 97.8 Å². The maximum absolute atomic E-state index is 11.4. The van der Waals surface area contributed by atoms with Crippen molar-refractivity contribution in [1.29, 1.82) is 0 Å². The van der Waals surface area contributed by atoms with Crippen LogP contribution in [0, 0.1) is 0 Å². The van der Waals surface area contributed by atoms with Crippen molar-refractivity contribution in [3.63, 3.8) is 0 Å². The Bertz CT molecular complexity index is 277. The van der Waals surface area contributed by atoms with Gasteiger partial charge >= 0.3 is 0 Å². The van der Waals surface area contributed by atoms with Gasteiger partial charge in [-0.1, -0.05) is 97.8 Å². The molecule has 0 aliphatic rings. The fourth-order valence-electron chi connectivity index (χ4n) is 3.09. The van der Waals surface area contributed by atoms with E-state index in [1.807, 2.05) is 0 Å². The second kappa shape index (κ2) is 11.7. The summed E-state index contributed by atoms with van der Waals surface area (Å²) in [5, 5.41) is -0.183. The molecule has 0 saturated carbocycles. The van der Waals surface area contributed by atoms with E-state index in [2.05, 4.69) is 20.8 Å². The van der Waals surface area contributed by atoms with Gasteiger partial charge in [0, 0.05) is 0 Å². The maximum Gasteiger partial charge on any atom is 0.275 e. The van der Waals surface area contributed by atoms with E-state index in [0.717, 1.165) is 25.7 Å². The van der Waals surface area contributed by atoms with Gasteiger partial charge in [0.25, 0.3) is 14.5 Å². The van der Waals surface area contributed by atoms with Crippen molar-refractivity contribution in [3.8, 4) is 0 Å². The predicted molar refractivity (Wildman–Crippen MR) is 94.3 cm³/mol. The average molecular weight is 318 g/mol. The highest BCUT2D eigenvalue weighted by Crippen LogP contribution is 2.48. The summed E-state index contributed by atoms with van der Waals surface area (Å²) in [6.07, 6.45) is 14.0. The Hall–Kier alpha value is 0.215. The molecule has 0 heterocycles. The molecular formula is C16H36BO3P. The minimum absolute atomic E-state index is 0.0571. The highest BCUT2D eigenvalue weighted by Gasteiger charge is 2.34. The zero-order valence-corrected chi connectivity index (χ0v) is 15.3. The third kappa shape index (κ3) is 13.6. The summed E-state index contributed by atoms with van der Waals surface area (Å²) in [7, 11) is -3.91. The van der Waals surface area contributed by atoms with Crippen LogP contribution in [0.3, 0.4) is 0 Å². The molecular weight excluding hydrogens is 282 g/mol. The van der Waals surface area contributed by atoms with E-state index < -0.39 is 7.47 Å². The molecule has 0 aliphatic heterocycles. The molecule has 5 heteroatoms. The minimum atomic E-state index is -3.91. The van der Waals surface area contributed by atoms with Crippen LogP contribution in [-0.2, 0) is 4.57 Å². The first kappa shape index (κ1) is 21.2. The summed E-state index contributed by atoms with van der Waals surface area (Å²) in [5.74, 6) is 0. The molecule has 0 aromatic heterocycles. The summed E-state index contributed by atoms with van der Waals surface area (Å²) in [6.45, 7) is 6.54. The molecule has 0 unspecified atom stereocenters. The monoisotopic (exact) mass is 318 g/mol. The number of unbranched alkanes of at least 4 members (excludes halogenated alkanes) is 8. The minimum Gasteiger partial charge on any atom is -0.332 e. The fraction of sp³-hybridized carbons (Fsp3) is 1.00. The Labute approximate surface area is 132 Å². The first-order valence-electron chi connectivity index (χ1n) is 8.87. The Morgan fingerprint density at radius 1 is 0.810 bits per heavy atom. The van der Waals surface area contributed by atoms with E-state index in [4.69, 9.17) is 0 Å². The van der Waals surface area contributed by atoms with Crippen LogP contribution in [0.25, 0.3) is 0 Å². The molecule has 0 aromatic rings. The summed E-state index contributed by atoms with van der Waals surface area (Å²) >= 11 is 0. The number of rotatable bonds is 14. The molecule has 126 valence electrons. The molecule has 3 nitrogen and oxygen atoms in total. The van der Waals surface area contributed by atoms with Gasteiger partial charge in [-0.2, -0.15) is 0 Å². The Kier molecular flexibility index (Phi) is 11.9. The lowest BCUT2D eigenvalue weighted by atomic mass is 9.63. The highest BCUT2D eigenvalue weighted by atomic mass is 31.2. The van der Waals surface area contributed by atoms with Crippen molar-refractivity contribution in [2.24, 2.45) is 0 Å². The molecule has 0 rings (SSSR count). The quantitative estimate of drug-likeness (QED) is 0.255. The van der Waals surface area contributed by atoms with Gasteiger partial charge in [-0.05, 0) is 5.31 Å². The average Bonchev–Trinajstić information content (AvgIpc) is 2.36. The molecule has 0 radical (unpaired) electrons. The van der Waals surface area contributed by atoms with Crippen LogP contribution in [-0.4, -0.2) is 16.8 Å². The summed E-state index contributed by atoms with van der Waals surface area (Å²) in [4.78, 5) is 18.7. The topological polar surface area (TPSA) is 57.5 Å². The van der Waals surface area contributed by atoms with Gasteiger partial charge in [-0.15, -0.1) is 0 Å². The van der Waals surface area contributed by atoms with Gasteiger partial charge in [-0.25, -0.2) is 0 Å². The molecule has 2 N–H and O–H groups in total. The van der Waals surface area contributed by atoms with Crippen LogP contribution < -0.4 is 0 Å². The summed E-state index contributed by atoms with van der Waals surface area (Å²) < 4.78 is 11.4. The summed E-state index contributed by atoms with van der Waals surface area (Å²) in [5.41, 5.74) is 0. The van der Waals surface area contributed by atoms with Gasteiger partial charge in [-0.3, -0.25) is 4.57 Å². The van der Waals surface area contributed by atoms with Crippen molar-refractivity contribution in [3.05, 3.63) is 0 Å². The molecule has 0 saturated heterocycles. The van der Waals surface area contributed by atoms with Crippen molar-refractivity contribution in [2.45, 2.75) is 103 Å². The largest absolute Gasteiger partial charge is 0.332 e. The van der Waals surface area contributed by atoms with Crippen LogP contribution in [0.15, 0.2) is 0 Å². The molecule has 0 atom stereocenters. The SMILES string of the molecule is CCCCCCCC(C)(BP(=O)(O)O)CCCCCCC. The third-order valence-electron chi connectivity index (χ3n) is 4.36. The fourth-order valence-corrected chi connectivity index (χ4v) is 4.40. The molecule has 0 bridgehead atoms.